The molecule has 0 saturated carbocycles. The molecule has 0 radical (unpaired) electrons. The fourth-order valence-electron chi connectivity index (χ4n) is 4.97. The third-order valence-corrected chi connectivity index (χ3v) is 6.48. The van der Waals surface area contributed by atoms with Crippen LogP contribution in [0.5, 0.6) is 0 Å². The third-order valence-electron chi connectivity index (χ3n) is 6.48. The van der Waals surface area contributed by atoms with E-state index >= 15 is 0 Å². The highest BCUT2D eigenvalue weighted by Crippen LogP contribution is 2.37. The third kappa shape index (κ3) is 7.70. The molecule has 0 spiro atoms. The number of carbonyl (C=O) groups is 3. The van der Waals surface area contributed by atoms with Gasteiger partial charge in [0.2, 0.25) is 0 Å². The van der Waals surface area contributed by atoms with Crippen molar-refractivity contribution < 1.29 is 14.4 Å². The number of carbonyl (C=O) groups excluding carboxylic acids is 3. The minimum Gasteiger partial charge on any atom is -0.299 e. The number of Topliss-reactive ketones (excluding diaryl/α,β-unsaturated/α-hetero) is 3. The van der Waals surface area contributed by atoms with Gasteiger partial charge in [-0.15, -0.1) is 0 Å². The summed E-state index contributed by atoms with van der Waals surface area (Å²) in [6, 6.07) is 4.16. The van der Waals surface area contributed by atoms with Crippen molar-refractivity contribution in [1.29, 1.82) is 0 Å². The Balaban J connectivity index is 0.00000151. The standard InChI is InChI=1S/C25H36O3.C3H8/c1-6-9-19(21(8-3)23(27)15-20(26)7-2)12-18-13-22-16(4)10-11-17(5)25(22)24(28)14-18;1-3-2/h10-11,18-19,21H,6-9,12-15H2,1-5H3;3H2,1-2H3. The first-order chi connectivity index (χ1) is 14.7. The van der Waals surface area contributed by atoms with Crippen molar-refractivity contribution in [3.05, 3.63) is 34.4 Å². The molecule has 174 valence electrons. The molecule has 0 aromatic heterocycles. The summed E-state index contributed by atoms with van der Waals surface area (Å²) < 4.78 is 0. The number of hydrogen-bond donors (Lipinski definition) is 0. The number of hydrogen-bond acceptors (Lipinski definition) is 3. The molecule has 3 nitrogen and oxygen atoms in total. The summed E-state index contributed by atoms with van der Waals surface area (Å²) in [5.41, 5.74) is 4.41. The quantitative estimate of drug-likeness (QED) is 0.369. The van der Waals surface area contributed by atoms with Crippen molar-refractivity contribution in [3.63, 3.8) is 0 Å². The van der Waals surface area contributed by atoms with E-state index in [2.05, 4.69) is 40.7 Å². The van der Waals surface area contributed by atoms with Crippen molar-refractivity contribution in [2.45, 2.75) is 106 Å². The highest BCUT2D eigenvalue weighted by molar-refractivity contribution is 6.01. The van der Waals surface area contributed by atoms with Gasteiger partial charge in [-0.1, -0.05) is 66.0 Å². The van der Waals surface area contributed by atoms with Crippen LogP contribution in [0.4, 0.5) is 0 Å². The van der Waals surface area contributed by atoms with Gasteiger partial charge in [-0.3, -0.25) is 14.4 Å². The maximum atomic E-state index is 12.9. The predicted octanol–water partition coefficient (Wildman–Crippen LogP) is 7.24. The van der Waals surface area contributed by atoms with Gasteiger partial charge in [-0.05, 0) is 61.6 Å². The Kier molecular flexibility index (Phi) is 12.0. The lowest BCUT2D eigenvalue weighted by atomic mass is 9.71. The van der Waals surface area contributed by atoms with E-state index in [0.717, 1.165) is 43.2 Å². The van der Waals surface area contributed by atoms with Crippen LogP contribution < -0.4 is 0 Å². The van der Waals surface area contributed by atoms with Gasteiger partial charge in [0.1, 0.15) is 11.6 Å². The monoisotopic (exact) mass is 428 g/mol. The van der Waals surface area contributed by atoms with Crippen molar-refractivity contribution in [3.8, 4) is 0 Å². The summed E-state index contributed by atoms with van der Waals surface area (Å²) >= 11 is 0. The van der Waals surface area contributed by atoms with E-state index in [1.807, 2.05) is 19.9 Å². The summed E-state index contributed by atoms with van der Waals surface area (Å²) in [5, 5.41) is 0. The summed E-state index contributed by atoms with van der Waals surface area (Å²) in [4.78, 5) is 37.4. The molecule has 1 aromatic rings. The molecule has 3 atom stereocenters. The number of fused-ring (bicyclic) bond motifs is 1. The molecule has 0 N–H and O–H groups in total. The normalized spacial score (nSPS) is 17.3. The molecular formula is C28H44O3. The fourth-order valence-corrected chi connectivity index (χ4v) is 4.97. The van der Waals surface area contributed by atoms with Crippen LogP contribution in [-0.2, 0) is 16.0 Å². The van der Waals surface area contributed by atoms with Gasteiger partial charge in [0, 0.05) is 24.3 Å². The zero-order valence-corrected chi connectivity index (χ0v) is 21.0. The Labute approximate surface area is 190 Å². The van der Waals surface area contributed by atoms with Crippen LogP contribution in [0, 0.1) is 31.6 Å². The zero-order valence-electron chi connectivity index (χ0n) is 21.0. The predicted molar refractivity (Wildman–Crippen MR) is 130 cm³/mol. The topological polar surface area (TPSA) is 51.2 Å². The lowest BCUT2D eigenvalue weighted by molar-refractivity contribution is -0.130. The first-order valence-electron chi connectivity index (χ1n) is 12.4. The first kappa shape index (κ1) is 27.3. The van der Waals surface area contributed by atoms with Crippen LogP contribution in [0.3, 0.4) is 0 Å². The van der Waals surface area contributed by atoms with E-state index in [4.69, 9.17) is 0 Å². The SMILES string of the molecule is CCC.CCCC(CC1CC(=O)c2c(C)ccc(C)c2C1)C(CC)C(=O)CC(=O)CC. The molecule has 0 heterocycles. The van der Waals surface area contributed by atoms with Crippen LogP contribution in [0.25, 0.3) is 0 Å². The van der Waals surface area contributed by atoms with Gasteiger partial charge < -0.3 is 0 Å². The smallest absolute Gasteiger partial charge is 0.163 e. The molecular weight excluding hydrogens is 384 g/mol. The summed E-state index contributed by atoms with van der Waals surface area (Å²) in [7, 11) is 0. The lowest BCUT2D eigenvalue weighted by Gasteiger charge is -2.32. The van der Waals surface area contributed by atoms with Crippen LogP contribution in [-0.4, -0.2) is 17.3 Å². The molecule has 0 saturated heterocycles. The molecule has 3 unspecified atom stereocenters. The summed E-state index contributed by atoms with van der Waals surface area (Å²) in [5.74, 6) is 0.875. The molecule has 0 bridgehead atoms. The fraction of sp³-hybridized carbons (Fsp3) is 0.679. The van der Waals surface area contributed by atoms with Crippen molar-refractivity contribution in [1.82, 2.24) is 0 Å². The largest absolute Gasteiger partial charge is 0.299 e. The van der Waals surface area contributed by atoms with Crippen LogP contribution in [0.2, 0.25) is 0 Å². The number of rotatable bonds is 10. The summed E-state index contributed by atoms with van der Waals surface area (Å²) in [6.07, 6.45) is 6.92. The van der Waals surface area contributed by atoms with Gasteiger partial charge in [0.25, 0.3) is 0 Å². The molecule has 0 amide bonds. The average molecular weight is 429 g/mol. The van der Waals surface area contributed by atoms with Gasteiger partial charge in [0.15, 0.2) is 5.78 Å². The van der Waals surface area contributed by atoms with Gasteiger partial charge in [-0.2, -0.15) is 0 Å². The number of aryl methyl sites for hydroxylation is 2. The van der Waals surface area contributed by atoms with Gasteiger partial charge in [-0.25, -0.2) is 0 Å². The maximum absolute atomic E-state index is 12.9. The van der Waals surface area contributed by atoms with Gasteiger partial charge in [0.05, 0.1) is 6.42 Å². The highest BCUT2D eigenvalue weighted by Gasteiger charge is 2.33. The van der Waals surface area contributed by atoms with E-state index in [-0.39, 0.29) is 35.6 Å². The van der Waals surface area contributed by atoms with Crippen molar-refractivity contribution in [2.24, 2.45) is 17.8 Å². The van der Waals surface area contributed by atoms with Crippen molar-refractivity contribution in [2.75, 3.05) is 0 Å². The second kappa shape index (κ2) is 13.6. The zero-order chi connectivity index (χ0) is 23.6. The Bertz CT molecular complexity index is 747. The summed E-state index contributed by atoms with van der Waals surface area (Å²) in [6.45, 7) is 14.4. The van der Waals surface area contributed by atoms with Crippen LogP contribution in [0.15, 0.2) is 12.1 Å². The Morgan fingerprint density at radius 1 is 1.00 bits per heavy atom. The highest BCUT2D eigenvalue weighted by atomic mass is 16.1. The number of benzene rings is 1. The lowest BCUT2D eigenvalue weighted by Crippen LogP contribution is -2.30. The Morgan fingerprint density at radius 3 is 2.16 bits per heavy atom. The van der Waals surface area contributed by atoms with E-state index in [0.29, 0.717) is 18.8 Å². The first-order valence-corrected chi connectivity index (χ1v) is 12.4. The molecule has 1 aliphatic rings. The molecule has 1 aliphatic carbocycles. The van der Waals surface area contributed by atoms with E-state index in [1.165, 1.54) is 17.5 Å². The molecule has 31 heavy (non-hydrogen) atoms. The Hall–Kier alpha value is -1.77. The minimum absolute atomic E-state index is 0.0339. The van der Waals surface area contributed by atoms with Crippen LogP contribution >= 0.6 is 0 Å². The Morgan fingerprint density at radius 2 is 1.61 bits per heavy atom. The molecule has 0 fully saturated rings. The minimum atomic E-state index is -0.0643. The molecule has 1 aromatic carbocycles. The average Bonchev–Trinajstić information content (AvgIpc) is 2.71. The van der Waals surface area contributed by atoms with E-state index in [9.17, 15) is 14.4 Å². The second-order valence-corrected chi connectivity index (χ2v) is 9.29. The molecule has 0 aliphatic heterocycles. The molecule has 3 heteroatoms. The van der Waals surface area contributed by atoms with Gasteiger partial charge >= 0.3 is 0 Å². The van der Waals surface area contributed by atoms with E-state index < -0.39 is 0 Å². The van der Waals surface area contributed by atoms with E-state index in [1.54, 1.807) is 0 Å². The maximum Gasteiger partial charge on any atom is 0.163 e. The van der Waals surface area contributed by atoms with Crippen LogP contribution in [0.1, 0.15) is 113 Å². The van der Waals surface area contributed by atoms with Crippen molar-refractivity contribution >= 4 is 17.3 Å². The molecule has 2 rings (SSSR count). The second-order valence-electron chi connectivity index (χ2n) is 9.29. The number of ketones is 3.